The average Bonchev–Trinajstić information content (AvgIpc) is 2.93. The Morgan fingerprint density at radius 2 is 2.05 bits per heavy atom. The van der Waals surface area contributed by atoms with Crippen molar-refractivity contribution in [1.82, 2.24) is 24.4 Å². The minimum absolute atomic E-state index is 0.871. The molecule has 96 valence electrons. The van der Waals surface area contributed by atoms with Crippen molar-refractivity contribution in [2.45, 2.75) is 13.8 Å². The van der Waals surface area contributed by atoms with E-state index in [1.807, 2.05) is 37.8 Å². The summed E-state index contributed by atoms with van der Waals surface area (Å²) < 4.78 is 3.64. The van der Waals surface area contributed by atoms with Gasteiger partial charge in [0.25, 0.3) is 0 Å². The van der Waals surface area contributed by atoms with Crippen molar-refractivity contribution in [3.63, 3.8) is 0 Å². The van der Waals surface area contributed by atoms with Gasteiger partial charge in [-0.05, 0) is 19.9 Å². The molecule has 0 unspecified atom stereocenters. The van der Waals surface area contributed by atoms with Gasteiger partial charge in [-0.2, -0.15) is 10.2 Å². The van der Waals surface area contributed by atoms with E-state index in [2.05, 4.69) is 21.8 Å². The Hall–Kier alpha value is -2.43. The molecule has 0 aliphatic rings. The van der Waals surface area contributed by atoms with Crippen LogP contribution in [0.3, 0.4) is 0 Å². The molecule has 0 aliphatic carbocycles. The van der Waals surface area contributed by atoms with E-state index in [4.69, 9.17) is 0 Å². The molecule has 0 fully saturated rings. The van der Waals surface area contributed by atoms with Crippen LogP contribution in [0.5, 0.6) is 0 Å². The molecule has 0 saturated carbocycles. The van der Waals surface area contributed by atoms with E-state index in [1.165, 1.54) is 0 Å². The molecule has 3 aromatic rings. The minimum atomic E-state index is 0.871. The van der Waals surface area contributed by atoms with Crippen LogP contribution in [0, 0.1) is 13.8 Å². The first-order valence-corrected chi connectivity index (χ1v) is 6.08. The lowest BCUT2D eigenvalue weighted by molar-refractivity contribution is 0.768. The van der Waals surface area contributed by atoms with Crippen LogP contribution in [0.1, 0.15) is 17.0 Å². The molecular weight excluding hydrogens is 238 g/mol. The van der Waals surface area contributed by atoms with Gasteiger partial charge in [0.2, 0.25) is 0 Å². The molecule has 5 nitrogen and oxygen atoms in total. The zero-order valence-electron chi connectivity index (χ0n) is 11.3. The third kappa shape index (κ3) is 1.74. The summed E-state index contributed by atoms with van der Waals surface area (Å²) in [5, 5.41) is 8.69. The third-order valence-corrected chi connectivity index (χ3v) is 3.25. The van der Waals surface area contributed by atoms with Gasteiger partial charge in [0.05, 0.1) is 35.0 Å². The molecule has 3 rings (SSSR count). The van der Waals surface area contributed by atoms with Crippen molar-refractivity contribution < 1.29 is 0 Å². The summed E-state index contributed by atoms with van der Waals surface area (Å²) in [5.41, 5.74) is 5.87. The second kappa shape index (κ2) is 4.05. The Kier molecular flexibility index (Phi) is 2.48. The fraction of sp³-hybridized carbons (Fsp3) is 0.214. The summed E-state index contributed by atoms with van der Waals surface area (Å²) >= 11 is 0. The van der Waals surface area contributed by atoms with E-state index in [1.54, 1.807) is 17.0 Å². The van der Waals surface area contributed by atoms with E-state index < -0.39 is 0 Å². The Labute approximate surface area is 111 Å². The summed E-state index contributed by atoms with van der Waals surface area (Å²) in [4.78, 5) is 4.64. The third-order valence-electron chi connectivity index (χ3n) is 3.25. The highest BCUT2D eigenvalue weighted by molar-refractivity contribution is 5.68. The maximum Gasteiger partial charge on any atom is 0.0921 e. The van der Waals surface area contributed by atoms with Crippen LogP contribution >= 0.6 is 0 Å². The second-order valence-electron chi connectivity index (χ2n) is 4.62. The lowest BCUT2D eigenvalue weighted by Gasteiger charge is -2.02. The summed E-state index contributed by atoms with van der Waals surface area (Å²) in [5.74, 6) is 0. The number of aryl methyl sites for hydroxylation is 3. The first kappa shape index (κ1) is 11.6. The highest BCUT2D eigenvalue weighted by Gasteiger charge is 2.12. The first-order valence-electron chi connectivity index (χ1n) is 6.08. The standard InChI is InChI=1S/C14H15N5/c1-5-12-9(2)14-10(3)16-13(8-19(14)17-12)11-6-15-18(4)7-11/h5-8H,1H2,2-4H3. The van der Waals surface area contributed by atoms with Crippen molar-refractivity contribution in [3.8, 4) is 11.3 Å². The average molecular weight is 253 g/mol. The predicted octanol–water partition coefficient (Wildman–Crippen LogP) is 2.39. The molecule has 0 bridgehead atoms. The van der Waals surface area contributed by atoms with E-state index in [-0.39, 0.29) is 0 Å². The van der Waals surface area contributed by atoms with E-state index in [0.717, 1.165) is 33.7 Å². The highest BCUT2D eigenvalue weighted by Crippen LogP contribution is 2.22. The number of rotatable bonds is 2. The molecular formula is C14H15N5. The van der Waals surface area contributed by atoms with Crippen LogP contribution in [0.15, 0.2) is 25.2 Å². The number of fused-ring (bicyclic) bond motifs is 1. The van der Waals surface area contributed by atoms with Gasteiger partial charge in [-0.3, -0.25) is 4.68 Å². The molecule has 3 aromatic heterocycles. The highest BCUT2D eigenvalue weighted by atomic mass is 15.2. The molecule has 5 heteroatoms. The maximum absolute atomic E-state index is 4.64. The fourth-order valence-corrected chi connectivity index (χ4v) is 2.33. The predicted molar refractivity (Wildman–Crippen MR) is 74.8 cm³/mol. The molecule has 0 aromatic carbocycles. The van der Waals surface area contributed by atoms with Gasteiger partial charge in [0, 0.05) is 24.4 Å². The van der Waals surface area contributed by atoms with Crippen LogP contribution in [-0.4, -0.2) is 24.4 Å². The lowest BCUT2D eigenvalue weighted by Crippen LogP contribution is -1.96. The van der Waals surface area contributed by atoms with Gasteiger partial charge in [0.1, 0.15) is 0 Å². The Morgan fingerprint density at radius 3 is 2.68 bits per heavy atom. The number of nitrogens with zero attached hydrogens (tertiary/aromatic N) is 5. The van der Waals surface area contributed by atoms with Crippen molar-refractivity contribution in [1.29, 1.82) is 0 Å². The maximum atomic E-state index is 4.64. The fourth-order valence-electron chi connectivity index (χ4n) is 2.33. The molecule has 0 atom stereocenters. The van der Waals surface area contributed by atoms with Crippen LogP contribution < -0.4 is 0 Å². The Bertz CT molecular complexity index is 779. The zero-order chi connectivity index (χ0) is 13.6. The monoisotopic (exact) mass is 253 g/mol. The largest absolute Gasteiger partial charge is 0.275 e. The van der Waals surface area contributed by atoms with Crippen LogP contribution in [-0.2, 0) is 7.05 Å². The summed E-state index contributed by atoms with van der Waals surface area (Å²) in [6.45, 7) is 7.83. The van der Waals surface area contributed by atoms with Gasteiger partial charge in [-0.15, -0.1) is 0 Å². The SMILES string of the molecule is C=Cc1nn2cc(-c3cnn(C)c3)nc(C)c2c1C. The van der Waals surface area contributed by atoms with Gasteiger partial charge < -0.3 is 0 Å². The molecule has 0 aliphatic heterocycles. The summed E-state index contributed by atoms with van der Waals surface area (Å²) in [6.07, 6.45) is 7.45. The molecule has 0 spiro atoms. The number of hydrogen-bond donors (Lipinski definition) is 0. The summed E-state index contributed by atoms with van der Waals surface area (Å²) in [6, 6.07) is 0. The van der Waals surface area contributed by atoms with Crippen molar-refractivity contribution in [2.24, 2.45) is 7.05 Å². The van der Waals surface area contributed by atoms with Gasteiger partial charge in [0.15, 0.2) is 0 Å². The number of aromatic nitrogens is 5. The van der Waals surface area contributed by atoms with Crippen LogP contribution in [0.2, 0.25) is 0 Å². The Morgan fingerprint density at radius 1 is 1.26 bits per heavy atom. The number of hydrogen-bond acceptors (Lipinski definition) is 3. The van der Waals surface area contributed by atoms with Crippen molar-refractivity contribution >= 4 is 11.6 Å². The van der Waals surface area contributed by atoms with E-state index >= 15 is 0 Å². The van der Waals surface area contributed by atoms with Gasteiger partial charge in [-0.1, -0.05) is 6.58 Å². The quantitative estimate of drug-likeness (QED) is 0.704. The second-order valence-corrected chi connectivity index (χ2v) is 4.62. The van der Waals surface area contributed by atoms with Crippen molar-refractivity contribution in [2.75, 3.05) is 0 Å². The molecule has 0 radical (unpaired) electrons. The molecule has 0 saturated heterocycles. The normalized spacial score (nSPS) is 11.1. The molecule has 19 heavy (non-hydrogen) atoms. The molecule has 0 N–H and O–H groups in total. The molecule has 3 heterocycles. The minimum Gasteiger partial charge on any atom is -0.275 e. The van der Waals surface area contributed by atoms with Gasteiger partial charge >= 0.3 is 0 Å². The lowest BCUT2D eigenvalue weighted by atomic mass is 10.2. The van der Waals surface area contributed by atoms with Crippen LogP contribution in [0.4, 0.5) is 0 Å². The van der Waals surface area contributed by atoms with Gasteiger partial charge in [-0.25, -0.2) is 9.50 Å². The summed E-state index contributed by atoms with van der Waals surface area (Å²) in [7, 11) is 1.89. The molecule has 0 amide bonds. The Balaban J connectivity index is 2.27. The van der Waals surface area contributed by atoms with E-state index in [9.17, 15) is 0 Å². The smallest absolute Gasteiger partial charge is 0.0921 e. The first-order chi connectivity index (χ1) is 9.10. The van der Waals surface area contributed by atoms with Crippen LogP contribution in [0.25, 0.3) is 22.9 Å². The topological polar surface area (TPSA) is 48.0 Å². The van der Waals surface area contributed by atoms with Crippen molar-refractivity contribution in [3.05, 3.63) is 42.1 Å². The van der Waals surface area contributed by atoms with E-state index in [0.29, 0.717) is 0 Å². The zero-order valence-corrected chi connectivity index (χ0v) is 11.3.